The van der Waals surface area contributed by atoms with Gasteiger partial charge in [-0.15, -0.1) is 0 Å². The van der Waals surface area contributed by atoms with E-state index in [1.165, 1.54) is 17.0 Å². The number of phenolic OH excluding ortho intramolecular Hbond substituents is 1. The number of benzene rings is 3. The largest absolute Gasteiger partial charge is 0.508 e. The summed E-state index contributed by atoms with van der Waals surface area (Å²) in [4.78, 5) is 70.7. The Morgan fingerprint density at radius 2 is 1.49 bits per heavy atom. The average Bonchev–Trinajstić information content (AvgIpc) is 3.14. The van der Waals surface area contributed by atoms with E-state index < -0.39 is 60.2 Å². The van der Waals surface area contributed by atoms with Crippen LogP contribution in [0.15, 0.2) is 66.7 Å². The summed E-state index contributed by atoms with van der Waals surface area (Å²) in [5.74, 6) is -3.22. The van der Waals surface area contributed by atoms with E-state index in [1.807, 2.05) is 42.5 Å². The summed E-state index contributed by atoms with van der Waals surface area (Å²) in [6.07, 6.45) is 2.54. The van der Waals surface area contributed by atoms with Gasteiger partial charge in [0.05, 0.1) is 6.54 Å². The molecule has 1 aliphatic heterocycles. The minimum absolute atomic E-state index is 0.0359. The van der Waals surface area contributed by atoms with Gasteiger partial charge in [-0.05, 0) is 73.2 Å². The van der Waals surface area contributed by atoms with Crippen molar-refractivity contribution in [2.75, 3.05) is 26.2 Å². The summed E-state index contributed by atoms with van der Waals surface area (Å²) >= 11 is 0. The Morgan fingerprint density at radius 3 is 2.21 bits per heavy atom. The van der Waals surface area contributed by atoms with Gasteiger partial charge in [-0.1, -0.05) is 61.0 Å². The monoisotopic (exact) mass is 729 g/mol. The number of hydrogen-bond acceptors (Lipinski definition) is 8. The number of nitrogens with two attached hydrogens (primary N) is 2. The van der Waals surface area contributed by atoms with Gasteiger partial charge in [0.2, 0.25) is 29.5 Å². The molecule has 3 aromatic carbocycles. The molecule has 4 rings (SSSR count). The number of carbonyl (C=O) groups excluding carboxylic acids is 5. The number of amides is 5. The lowest BCUT2D eigenvalue weighted by molar-refractivity contribution is -0.143. The van der Waals surface area contributed by atoms with Gasteiger partial charge in [0, 0.05) is 25.9 Å². The van der Waals surface area contributed by atoms with Crippen molar-refractivity contribution < 1.29 is 29.1 Å². The van der Waals surface area contributed by atoms with Gasteiger partial charge in [-0.3, -0.25) is 29.4 Å². The van der Waals surface area contributed by atoms with Crippen LogP contribution in [-0.2, 0) is 36.8 Å². The number of phenols is 1. The number of aromatic hydroxyl groups is 1. The molecule has 1 aliphatic rings. The van der Waals surface area contributed by atoms with E-state index in [0.717, 1.165) is 16.3 Å². The molecular weight excluding hydrogens is 678 g/mol. The second kappa shape index (κ2) is 19.8. The van der Waals surface area contributed by atoms with Crippen molar-refractivity contribution in [1.82, 2.24) is 31.5 Å². The van der Waals surface area contributed by atoms with Crippen LogP contribution in [0.1, 0.15) is 50.2 Å². The zero-order valence-corrected chi connectivity index (χ0v) is 30.0. The minimum Gasteiger partial charge on any atom is -0.508 e. The highest BCUT2D eigenvalue weighted by Gasteiger charge is 2.35. The van der Waals surface area contributed by atoms with Gasteiger partial charge in [-0.25, -0.2) is 0 Å². The number of nitrogens with one attached hydrogen (secondary N) is 6. The Bertz CT molecular complexity index is 1750. The molecule has 0 radical (unpaired) electrons. The van der Waals surface area contributed by atoms with E-state index in [-0.39, 0.29) is 44.1 Å². The van der Waals surface area contributed by atoms with Crippen LogP contribution >= 0.6 is 0 Å². The lowest BCUT2D eigenvalue weighted by atomic mass is 10.0. The van der Waals surface area contributed by atoms with Crippen LogP contribution in [0.25, 0.3) is 10.8 Å². The summed E-state index contributed by atoms with van der Waals surface area (Å²) < 4.78 is 0. The van der Waals surface area contributed by atoms with Crippen molar-refractivity contribution in [2.45, 2.75) is 76.0 Å². The van der Waals surface area contributed by atoms with Gasteiger partial charge in [0.25, 0.3) is 0 Å². The van der Waals surface area contributed by atoms with Crippen LogP contribution in [0.5, 0.6) is 5.75 Å². The molecule has 15 heteroatoms. The van der Waals surface area contributed by atoms with Crippen molar-refractivity contribution in [3.05, 3.63) is 77.9 Å². The summed E-state index contributed by atoms with van der Waals surface area (Å²) in [7, 11) is 0. The van der Waals surface area contributed by atoms with Gasteiger partial charge in [0.1, 0.15) is 29.9 Å². The van der Waals surface area contributed by atoms with Gasteiger partial charge >= 0.3 is 0 Å². The summed E-state index contributed by atoms with van der Waals surface area (Å²) in [6.45, 7) is 1.98. The van der Waals surface area contributed by atoms with Crippen molar-refractivity contribution in [1.29, 1.82) is 5.41 Å². The molecule has 0 saturated carbocycles. The van der Waals surface area contributed by atoms with Crippen LogP contribution in [0, 0.1) is 5.41 Å². The third-order valence-electron chi connectivity index (χ3n) is 9.17. The second-order valence-corrected chi connectivity index (χ2v) is 13.3. The quantitative estimate of drug-likeness (QED) is 0.0676. The fraction of sp³-hybridized carbons (Fsp3) is 0.421. The highest BCUT2D eigenvalue weighted by Crippen LogP contribution is 2.18. The van der Waals surface area contributed by atoms with E-state index in [0.29, 0.717) is 37.8 Å². The predicted molar refractivity (Wildman–Crippen MR) is 201 cm³/mol. The van der Waals surface area contributed by atoms with E-state index in [1.54, 1.807) is 19.1 Å². The Morgan fingerprint density at radius 1 is 0.811 bits per heavy atom. The van der Waals surface area contributed by atoms with Crippen molar-refractivity contribution in [2.24, 2.45) is 11.5 Å². The number of fused-ring (bicyclic) bond motifs is 1. The molecule has 0 spiro atoms. The number of carbonyl (C=O) groups is 5. The van der Waals surface area contributed by atoms with Crippen LogP contribution in [0.4, 0.5) is 0 Å². The highest BCUT2D eigenvalue weighted by atomic mass is 16.3. The van der Waals surface area contributed by atoms with Gasteiger partial charge < -0.3 is 48.1 Å². The number of rotatable bonds is 13. The van der Waals surface area contributed by atoms with Crippen LogP contribution < -0.4 is 38.1 Å². The normalized spacial score (nSPS) is 20.4. The van der Waals surface area contributed by atoms with Gasteiger partial charge in [-0.2, -0.15) is 0 Å². The fourth-order valence-corrected chi connectivity index (χ4v) is 6.22. The highest BCUT2D eigenvalue weighted by molar-refractivity contribution is 5.97. The van der Waals surface area contributed by atoms with E-state index in [9.17, 15) is 29.1 Å². The number of unbranched alkanes of at least 4 members (excludes halogenated alkanes) is 2. The molecule has 1 saturated heterocycles. The van der Waals surface area contributed by atoms with Crippen LogP contribution in [-0.4, -0.2) is 95.8 Å². The van der Waals surface area contributed by atoms with Crippen LogP contribution in [0.3, 0.4) is 0 Å². The Labute approximate surface area is 309 Å². The molecule has 0 aromatic heterocycles. The lowest BCUT2D eigenvalue weighted by Gasteiger charge is -2.33. The molecule has 11 N–H and O–H groups in total. The molecule has 3 aromatic rings. The van der Waals surface area contributed by atoms with E-state index in [2.05, 4.69) is 26.6 Å². The summed E-state index contributed by atoms with van der Waals surface area (Å²) in [5, 5.41) is 32.9. The zero-order chi connectivity index (χ0) is 38.3. The lowest BCUT2D eigenvalue weighted by Crippen LogP contribution is -2.58. The first kappa shape index (κ1) is 40.1. The molecule has 0 aliphatic carbocycles. The molecule has 1 fully saturated rings. The van der Waals surface area contributed by atoms with E-state index in [4.69, 9.17) is 16.9 Å². The average molecular weight is 730 g/mol. The number of guanidine groups is 1. The molecular formula is C38H51N9O6. The molecule has 0 bridgehead atoms. The smallest absolute Gasteiger partial charge is 0.246 e. The molecule has 4 atom stereocenters. The molecule has 5 amide bonds. The van der Waals surface area contributed by atoms with E-state index >= 15 is 0 Å². The maximum Gasteiger partial charge on any atom is 0.246 e. The SMILES string of the molecule is C[C@@H]1C(=O)N[C@@H](CCCNC(=N)N)C(=O)N[C@@H](Cc2ccc3ccccc3c2)C(=O)NCC(=O)N[C@H](Cc2ccc(O)cc2)C(=O)N1CCCCCN. The van der Waals surface area contributed by atoms with Crippen molar-refractivity contribution in [3.8, 4) is 5.75 Å². The molecule has 1 heterocycles. The van der Waals surface area contributed by atoms with Crippen LogP contribution in [0.2, 0.25) is 0 Å². The topological polar surface area (TPSA) is 245 Å². The first-order chi connectivity index (χ1) is 25.4. The fourth-order valence-electron chi connectivity index (χ4n) is 6.22. The minimum atomic E-state index is -1.12. The first-order valence-corrected chi connectivity index (χ1v) is 18.0. The van der Waals surface area contributed by atoms with Crippen molar-refractivity contribution in [3.63, 3.8) is 0 Å². The standard InChI is InChI=1S/C38H51N9O6/c1-24-34(50)45-30(10-7-18-42-38(40)41)36(52)46-31(22-26-11-14-27-8-3-4-9-28(27)20-26)35(51)43-23-33(49)44-32(21-25-12-15-29(48)16-13-25)37(53)47(24)19-6-2-5-17-39/h3-4,8-9,11-16,20,24,30-32,48H,2,5-7,10,17-19,21-23,39H2,1H3,(H,43,51)(H,44,49)(H,45,50)(H,46,52)(H4,40,41,42)/t24-,30+,31+,32-/m1/s1. The predicted octanol–water partition coefficient (Wildman–Crippen LogP) is 0.524. The maximum absolute atomic E-state index is 14.3. The Kier molecular flexibility index (Phi) is 15.0. The third-order valence-corrected chi connectivity index (χ3v) is 9.17. The Balaban J connectivity index is 1.69. The Hall–Kier alpha value is -5.70. The molecule has 284 valence electrons. The third kappa shape index (κ3) is 12.2. The zero-order valence-electron chi connectivity index (χ0n) is 30.0. The maximum atomic E-state index is 14.3. The van der Waals surface area contributed by atoms with Gasteiger partial charge in [0.15, 0.2) is 5.96 Å². The molecule has 53 heavy (non-hydrogen) atoms. The first-order valence-electron chi connectivity index (χ1n) is 18.0. The molecule has 15 nitrogen and oxygen atoms in total. The second-order valence-electron chi connectivity index (χ2n) is 13.3. The number of hydrogen-bond donors (Lipinski definition) is 9. The summed E-state index contributed by atoms with van der Waals surface area (Å²) in [5.41, 5.74) is 12.5. The van der Waals surface area contributed by atoms with Crippen molar-refractivity contribution >= 4 is 46.3 Å². The molecule has 0 unspecified atom stereocenters. The summed E-state index contributed by atoms with van der Waals surface area (Å²) in [6, 6.07) is 15.2. The number of nitrogens with zero attached hydrogens (tertiary/aromatic N) is 1.